The predicted molar refractivity (Wildman–Crippen MR) is 69.7 cm³/mol. The van der Waals surface area contributed by atoms with Crippen LogP contribution in [0.3, 0.4) is 0 Å². The second-order valence-electron chi connectivity index (χ2n) is 4.80. The van der Waals surface area contributed by atoms with Crippen LogP contribution < -0.4 is 34.7 Å². The molecule has 4 rings (SSSR count). The molecule has 0 aromatic heterocycles. The number of hydrogen-bond donors (Lipinski definition) is 0. The smallest absolute Gasteiger partial charge is 0.545 e. The number of rotatable bonds is 1. The number of hydrogen-bond acceptors (Lipinski definition) is 3. The molecule has 0 aliphatic carbocycles. The molecule has 2 aromatic rings. The van der Waals surface area contributed by atoms with Crippen molar-refractivity contribution in [2.24, 2.45) is 0 Å². The molecule has 3 nitrogen and oxygen atoms in total. The molecule has 0 fully saturated rings. The van der Waals surface area contributed by atoms with Crippen LogP contribution in [0.25, 0.3) is 0 Å². The number of fused-ring (bicyclic) bond motifs is 8. The molecule has 0 N–H and O–H groups in total. The van der Waals surface area contributed by atoms with Crippen LogP contribution in [0.2, 0.25) is 0 Å². The van der Waals surface area contributed by atoms with E-state index in [1.165, 1.54) is 5.56 Å². The van der Waals surface area contributed by atoms with E-state index >= 15 is 0 Å². The monoisotopic (exact) mass is 338 g/mol. The Kier molecular flexibility index (Phi) is 3.55. The van der Waals surface area contributed by atoms with Gasteiger partial charge in [-0.3, -0.25) is 0 Å². The van der Waals surface area contributed by atoms with Gasteiger partial charge in [0.25, 0.3) is 0 Å². The minimum atomic E-state index is -1.15. The maximum Gasteiger partial charge on any atom is 1.00 e. The summed E-state index contributed by atoms with van der Waals surface area (Å²) in [6.07, 6.45) is -0.231. The summed E-state index contributed by atoms with van der Waals surface area (Å²) in [5.74, 6) is -1.15. The fourth-order valence-corrected chi connectivity index (χ4v) is 3.32. The van der Waals surface area contributed by atoms with E-state index in [-0.39, 0.29) is 47.3 Å². The summed E-state index contributed by atoms with van der Waals surface area (Å²) in [4.78, 5) is 10.9. The van der Waals surface area contributed by atoms with Crippen molar-refractivity contribution in [2.75, 3.05) is 0 Å². The Hall–Kier alpha value is -0.650. The van der Waals surface area contributed by atoms with Crippen LogP contribution in [0.5, 0.6) is 0 Å². The molecule has 2 aliphatic heterocycles. The number of carbonyl (C=O) groups excluding carboxylic acids is 1. The van der Waals surface area contributed by atoms with E-state index in [0.717, 1.165) is 21.2 Å². The number of benzene rings is 2. The van der Waals surface area contributed by atoms with Crippen molar-refractivity contribution in [1.29, 1.82) is 0 Å². The van der Waals surface area contributed by atoms with Gasteiger partial charge < -0.3 is 14.6 Å². The molecule has 2 heterocycles. The third-order valence-electron chi connectivity index (χ3n) is 3.77. The largest absolute Gasteiger partial charge is 1.00 e. The minimum Gasteiger partial charge on any atom is -0.545 e. The van der Waals surface area contributed by atoms with E-state index in [4.69, 9.17) is 4.74 Å². The van der Waals surface area contributed by atoms with Crippen LogP contribution >= 0.6 is 15.9 Å². The van der Waals surface area contributed by atoms with E-state index in [9.17, 15) is 9.90 Å². The fraction of sp³-hybridized carbons (Fsp3) is 0.133. The van der Waals surface area contributed by atoms with Crippen molar-refractivity contribution in [3.05, 3.63) is 68.7 Å². The average molecular weight is 339 g/mol. The third kappa shape index (κ3) is 1.90. The normalized spacial score (nSPS) is 21.1. The molecule has 20 heavy (non-hydrogen) atoms. The van der Waals surface area contributed by atoms with E-state index in [0.29, 0.717) is 0 Å². The second kappa shape index (κ2) is 4.97. The molecule has 0 saturated carbocycles. The van der Waals surface area contributed by atoms with Gasteiger partial charge in [-0.1, -0.05) is 34.1 Å². The number of carboxylic acid groups (broad SMARTS) is 1. The Morgan fingerprint density at radius 2 is 1.60 bits per heavy atom. The topological polar surface area (TPSA) is 49.4 Å². The number of halogens is 1. The van der Waals surface area contributed by atoms with Gasteiger partial charge in [0.15, 0.2) is 0 Å². The van der Waals surface area contributed by atoms with Crippen molar-refractivity contribution in [3.8, 4) is 0 Å². The molecule has 5 heteroatoms. The van der Waals surface area contributed by atoms with Gasteiger partial charge in [0.1, 0.15) is 12.2 Å². The van der Waals surface area contributed by atoms with Crippen LogP contribution in [0, 0.1) is 0 Å². The first kappa shape index (κ1) is 14.3. The maximum atomic E-state index is 10.9. The molecule has 2 aromatic carbocycles. The van der Waals surface area contributed by atoms with Crippen LogP contribution in [-0.4, -0.2) is 5.97 Å². The summed E-state index contributed by atoms with van der Waals surface area (Å²) >= 11 is 3.45. The Morgan fingerprint density at radius 1 is 1.00 bits per heavy atom. The quantitative estimate of drug-likeness (QED) is 0.649. The van der Waals surface area contributed by atoms with Gasteiger partial charge in [0.2, 0.25) is 0 Å². The average Bonchev–Trinajstić information content (AvgIpc) is 2.94. The zero-order chi connectivity index (χ0) is 13.1. The molecule has 2 atom stereocenters. The number of carbonyl (C=O) groups is 1. The number of ether oxygens (including phenoxy) is 1. The minimum absolute atomic E-state index is 0. The molecular weight excluding hydrogens is 331 g/mol. The van der Waals surface area contributed by atoms with Gasteiger partial charge in [0.05, 0.1) is 5.97 Å². The Morgan fingerprint density at radius 3 is 2.30 bits per heavy atom. The van der Waals surface area contributed by atoms with E-state index in [1.54, 1.807) is 12.1 Å². The molecule has 0 spiro atoms. The molecular formula is C15H8BrNaO3. The van der Waals surface area contributed by atoms with Crippen molar-refractivity contribution in [3.63, 3.8) is 0 Å². The Bertz CT molecular complexity index is 729. The van der Waals surface area contributed by atoms with Gasteiger partial charge in [-0.15, -0.1) is 0 Å². The van der Waals surface area contributed by atoms with Crippen molar-refractivity contribution in [1.82, 2.24) is 0 Å². The van der Waals surface area contributed by atoms with Crippen LogP contribution in [-0.2, 0) is 4.74 Å². The molecule has 0 radical (unpaired) electrons. The van der Waals surface area contributed by atoms with Gasteiger partial charge in [-0.05, 0) is 46.0 Å². The summed E-state index contributed by atoms with van der Waals surface area (Å²) in [5, 5.41) is 10.9. The zero-order valence-corrected chi connectivity index (χ0v) is 14.3. The molecule has 2 aliphatic rings. The fourth-order valence-electron chi connectivity index (χ4n) is 2.94. The van der Waals surface area contributed by atoms with Crippen LogP contribution in [0.4, 0.5) is 0 Å². The first-order chi connectivity index (χ1) is 9.15. The summed E-state index contributed by atoms with van der Waals surface area (Å²) in [5.41, 5.74) is 4.48. The standard InChI is InChI=1S/C15H9BrO3.Na/c16-8-2-4-10-12(6-8)14-11-5-7(15(17)18)1-3-9(11)13(10)19-14;/h1-6,13-14H,(H,17,18);/q;+1/p-1. The first-order valence-corrected chi connectivity index (χ1v) is 6.74. The van der Waals surface area contributed by atoms with Gasteiger partial charge in [-0.2, -0.15) is 0 Å². The molecule has 94 valence electrons. The van der Waals surface area contributed by atoms with Crippen molar-refractivity contribution in [2.45, 2.75) is 12.2 Å². The summed E-state index contributed by atoms with van der Waals surface area (Å²) in [6.45, 7) is 0. The van der Waals surface area contributed by atoms with Gasteiger partial charge in [0, 0.05) is 4.47 Å². The number of aromatic carboxylic acids is 1. The Labute approximate surface area is 146 Å². The van der Waals surface area contributed by atoms with Gasteiger partial charge >= 0.3 is 29.6 Å². The Balaban J connectivity index is 0.00000121. The number of carboxylic acids is 1. The molecule has 0 saturated heterocycles. The van der Waals surface area contributed by atoms with Crippen molar-refractivity contribution < 1.29 is 44.2 Å². The van der Waals surface area contributed by atoms with E-state index in [1.807, 2.05) is 18.2 Å². The summed E-state index contributed by atoms with van der Waals surface area (Å²) in [7, 11) is 0. The third-order valence-corrected chi connectivity index (χ3v) is 4.27. The van der Waals surface area contributed by atoms with E-state index in [2.05, 4.69) is 22.0 Å². The summed E-state index contributed by atoms with van der Waals surface area (Å²) in [6, 6.07) is 11.2. The molecule has 2 bridgehead atoms. The molecule has 2 unspecified atom stereocenters. The second-order valence-corrected chi connectivity index (χ2v) is 5.72. The van der Waals surface area contributed by atoms with Crippen molar-refractivity contribution >= 4 is 21.9 Å². The van der Waals surface area contributed by atoms with E-state index < -0.39 is 5.97 Å². The predicted octanol–water partition coefficient (Wildman–Crippen LogP) is -0.661. The van der Waals surface area contributed by atoms with Crippen LogP contribution in [0.15, 0.2) is 40.9 Å². The maximum absolute atomic E-state index is 10.9. The first-order valence-electron chi connectivity index (χ1n) is 5.95. The van der Waals surface area contributed by atoms with Crippen LogP contribution in [0.1, 0.15) is 44.8 Å². The SMILES string of the molecule is O=C([O-])c1ccc2c(c1)C1OC2c2ccc(Br)cc21.[Na+]. The molecule has 0 amide bonds. The van der Waals surface area contributed by atoms with Gasteiger partial charge in [-0.25, -0.2) is 0 Å². The summed E-state index contributed by atoms with van der Waals surface area (Å²) < 4.78 is 6.97. The zero-order valence-electron chi connectivity index (χ0n) is 10.7.